The molecular formula is C27H24Cl2N2O3. The largest absolute Gasteiger partial charge is 0.493 e. The molecule has 1 amide bonds. The van der Waals surface area contributed by atoms with Gasteiger partial charge in [-0.1, -0.05) is 35.3 Å². The molecule has 0 unspecified atom stereocenters. The standard InChI is InChI=1S/C27H24Cl2N2O3/c1-5-33-25-17(4)26-21(22(14-34-26)19-9-8-18(28)12-23(19)29)13-20(25)16(3)11-24(32)31-27-15(2)7-6-10-30-27/h6-14H,5H2,1-4H3,(H,30,31,32)/b16-11+. The molecule has 0 radical (unpaired) electrons. The number of fused-ring (bicyclic) bond motifs is 1. The first-order chi connectivity index (χ1) is 16.3. The number of rotatable bonds is 6. The third-order valence-corrected chi connectivity index (χ3v) is 6.13. The van der Waals surface area contributed by atoms with Crippen molar-refractivity contribution >= 4 is 51.5 Å². The SMILES string of the molecule is CCOc1c(/C(C)=C/C(=O)Nc2ncccc2C)cc2c(-c3ccc(Cl)cc3Cl)coc2c1C. The molecule has 0 aliphatic heterocycles. The number of hydrogen-bond donors (Lipinski definition) is 1. The number of nitrogens with one attached hydrogen (secondary N) is 1. The zero-order chi connectivity index (χ0) is 24.4. The van der Waals surface area contributed by atoms with Crippen molar-refractivity contribution in [2.45, 2.75) is 27.7 Å². The van der Waals surface area contributed by atoms with Crippen molar-refractivity contribution in [1.29, 1.82) is 0 Å². The highest BCUT2D eigenvalue weighted by Crippen LogP contribution is 2.42. The monoisotopic (exact) mass is 494 g/mol. The number of carbonyl (C=O) groups excluding carboxylic acids is 1. The van der Waals surface area contributed by atoms with Gasteiger partial charge >= 0.3 is 0 Å². The van der Waals surface area contributed by atoms with Crippen molar-refractivity contribution in [3.63, 3.8) is 0 Å². The van der Waals surface area contributed by atoms with E-state index in [0.717, 1.165) is 38.8 Å². The maximum Gasteiger partial charge on any atom is 0.249 e. The number of anilines is 1. The Bertz CT molecular complexity index is 1420. The van der Waals surface area contributed by atoms with Gasteiger partial charge in [-0.15, -0.1) is 0 Å². The Kier molecular flexibility index (Phi) is 6.96. The zero-order valence-electron chi connectivity index (χ0n) is 19.3. The molecule has 0 saturated heterocycles. The molecule has 34 heavy (non-hydrogen) atoms. The van der Waals surface area contributed by atoms with Gasteiger partial charge in [-0.3, -0.25) is 4.79 Å². The van der Waals surface area contributed by atoms with Crippen LogP contribution in [0.5, 0.6) is 5.75 Å². The lowest BCUT2D eigenvalue weighted by atomic mass is 9.96. The number of amides is 1. The Hall–Kier alpha value is -3.28. The number of carbonyl (C=O) groups is 1. The summed E-state index contributed by atoms with van der Waals surface area (Å²) in [5.74, 6) is 0.934. The fraction of sp³-hybridized carbons (Fsp3) is 0.185. The summed E-state index contributed by atoms with van der Waals surface area (Å²) in [6.45, 7) is 8.11. The predicted molar refractivity (Wildman–Crippen MR) is 139 cm³/mol. The number of allylic oxidation sites excluding steroid dienone is 1. The van der Waals surface area contributed by atoms with E-state index in [1.165, 1.54) is 0 Å². The Morgan fingerprint density at radius 3 is 2.68 bits per heavy atom. The molecule has 4 aromatic rings. The number of aryl methyl sites for hydroxylation is 2. The van der Waals surface area contributed by atoms with Gasteiger partial charge in [-0.25, -0.2) is 4.98 Å². The van der Waals surface area contributed by atoms with Crippen LogP contribution in [0.3, 0.4) is 0 Å². The normalized spacial score (nSPS) is 11.6. The van der Waals surface area contributed by atoms with Gasteiger partial charge in [0, 0.05) is 44.9 Å². The van der Waals surface area contributed by atoms with Crippen molar-refractivity contribution < 1.29 is 13.9 Å². The molecule has 174 valence electrons. The third-order valence-electron chi connectivity index (χ3n) is 5.58. The topological polar surface area (TPSA) is 64.4 Å². The average molecular weight is 495 g/mol. The number of benzene rings is 2. The maximum absolute atomic E-state index is 12.8. The van der Waals surface area contributed by atoms with Crippen LogP contribution in [-0.2, 0) is 4.79 Å². The number of furan rings is 1. The van der Waals surface area contributed by atoms with Crippen molar-refractivity contribution in [3.8, 4) is 16.9 Å². The molecule has 0 fully saturated rings. The number of halogens is 2. The van der Waals surface area contributed by atoms with Gasteiger partial charge in [0.05, 0.1) is 17.9 Å². The molecule has 0 spiro atoms. The fourth-order valence-corrected chi connectivity index (χ4v) is 4.41. The molecule has 0 aliphatic rings. The van der Waals surface area contributed by atoms with Crippen LogP contribution in [0.4, 0.5) is 5.82 Å². The van der Waals surface area contributed by atoms with Gasteiger partial charge in [-0.2, -0.15) is 0 Å². The molecule has 7 heteroatoms. The summed E-state index contributed by atoms with van der Waals surface area (Å²) in [6.07, 6.45) is 4.88. The highest BCUT2D eigenvalue weighted by Gasteiger charge is 2.20. The van der Waals surface area contributed by atoms with Crippen molar-refractivity contribution in [1.82, 2.24) is 4.98 Å². The minimum absolute atomic E-state index is 0.271. The minimum Gasteiger partial charge on any atom is -0.493 e. The van der Waals surface area contributed by atoms with Crippen LogP contribution < -0.4 is 10.1 Å². The van der Waals surface area contributed by atoms with E-state index in [-0.39, 0.29) is 5.91 Å². The summed E-state index contributed by atoms with van der Waals surface area (Å²) in [7, 11) is 0. The molecule has 0 saturated carbocycles. The Morgan fingerprint density at radius 2 is 1.97 bits per heavy atom. The van der Waals surface area contributed by atoms with Gasteiger partial charge in [0.25, 0.3) is 0 Å². The van der Waals surface area contributed by atoms with Crippen LogP contribution in [0, 0.1) is 13.8 Å². The van der Waals surface area contributed by atoms with E-state index in [9.17, 15) is 4.79 Å². The van der Waals surface area contributed by atoms with Crippen molar-refractivity contribution in [2.24, 2.45) is 0 Å². The molecule has 2 aromatic carbocycles. The summed E-state index contributed by atoms with van der Waals surface area (Å²) >= 11 is 12.6. The van der Waals surface area contributed by atoms with Gasteiger partial charge in [0.1, 0.15) is 17.2 Å². The lowest BCUT2D eigenvalue weighted by Crippen LogP contribution is -2.11. The fourth-order valence-electron chi connectivity index (χ4n) is 3.90. The van der Waals surface area contributed by atoms with Crippen LogP contribution in [-0.4, -0.2) is 17.5 Å². The van der Waals surface area contributed by atoms with E-state index in [2.05, 4.69) is 10.3 Å². The van der Waals surface area contributed by atoms with Gasteiger partial charge in [0.15, 0.2) is 0 Å². The molecule has 0 atom stereocenters. The molecule has 4 rings (SSSR count). The van der Waals surface area contributed by atoms with Crippen molar-refractivity contribution in [3.05, 3.63) is 81.7 Å². The number of aromatic nitrogens is 1. The maximum atomic E-state index is 12.8. The molecule has 0 bridgehead atoms. The Balaban J connectivity index is 1.81. The quantitative estimate of drug-likeness (QED) is 0.277. The average Bonchev–Trinajstić information content (AvgIpc) is 3.21. The van der Waals surface area contributed by atoms with E-state index in [1.54, 1.807) is 30.7 Å². The lowest BCUT2D eigenvalue weighted by molar-refractivity contribution is -0.111. The highest BCUT2D eigenvalue weighted by molar-refractivity contribution is 6.36. The van der Waals surface area contributed by atoms with Crippen LogP contribution in [0.15, 0.2) is 59.4 Å². The summed E-state index contributed by atoms with van der Waals surface area (Å²) < 4.78 is 11.9. The zero-order valence-corrected chi connectivity index (χ0v) is 20.8. The number of ether oxygens (including phenoxy) is 1. The lowest BCUT2D eigenvalue weighted by Gasteiger charge is -2.15. The first-order valence-electron chi connectivity index (χ1n) is 10.8. The number of nitrogens with zero attached hydrogens (tertiary/aromatic N) is 1. The smallest absolute Gasteiger partial charge is 0.249 e. The number of pyridine rings is 1. The van der Waals surface area contributed by atoms with E-state index in [4.69, 9.17) is 32.4 Å². The molecular weight excluding hydrogens is 471 g/mol. The second kappa shape index (κ2) is 9.92. The summed E-state index contributed by atoms with van der Waals surface area (Å²) in [4.78, 5) is 17.0. The Morgan fingerprint density at radius 1 is 1.18 bits per heavy atom. The van der Waals surface area contributed by atoms with Crippen LogP contribution in [0.2, 0.25) is 10.0 Å². The first-order valence-corrected chi connectivity index (χ1v) is 11.6. The van der Waals surface area contributed by atoms with Gasteiger partial charge in [0.2, 0.25) is 5.91 Å². The van der Waals surface area contributed by atoms with Crippen molar-refractivity contribution in [2.75, 3.05) is 11.9 Å². The molecule has 1 N–H and O–H groups in total. The third kappa shape index (κ3) is 4.67. The van der Waals surface area contributed by atoms with E-state index < -0.39 is 0 Å². The van der Waals surface area contributed by atoms with E-state index in [0.29, 0.717) is 33.8 Å². The summed E-state index contributed by atoms with van der Waals surface area (Å²) in [6, 6.07) is 11.1. The van der Waals surface area contributed by atoms with E-state index >= 15 is 0 Å². The minimum atomic E-state index is -0.271. The molecule has 2 aromatic heterocycles. The second-order valence-corrected chi connectivity index (χ2v) is 8.79. The van der Waals surface area contributed by atoms with Crippen LogP contribution in [0.1, 0.15) is 30.5 Å². The molecule has 0 aliphatic carbocycles. The van der Waals surface area contributed by atoms with E-state index in [1.807, 2.05) is 52.0 Å². The predicted octanol–water partition coefficient (Wildman–Crippen LogP) is 7.86. The van der Waals surface area contributed by atoms with Gasteiger partial charge < -0.3 is 14.5 Å². The Labute approximate surface area is 208 Å². The second-order valence-electron chi connectivity index (χ2n) is 7.95. The highest BCUT2D eigenvalue weighted by atomic mass is 35.5. The summed E-state index contributed by atoms with van der Waals surface area (Å²) in [5.41, 5.74) is 5.63. The van der Waals surface area contributed by atoms with Crippen LogP contribution >= 0.6 is 23.2 Å². The van der Waals surface area contributed by atoms with Crippen LogP contribution in [0.25, 0.3) is 27.7 Å². The van der Waals surface area contributed by atoms with Gasteiger partial charge in [-0.05, 0) is 63.1 Å². The molecule has 5 nitrogen and oxygen atoms in total. The first kappa shape index (κ1) is 23.9. The number of hydrogen-bond acceptors (Lipinski definition) is 4. The summed E-state index contributed by atoms with van der Waals surface area (Å²) in [5, 5.41) is 4.80. The molecule has 2 heterocycles.